The molecular formula is C16H15BrN2O2. The molecular weight excluding hydrogens is 332 g/mol. The van der Waals surface area contributed by atoms with E-state index in [9.17, 15) is 5.11 Å². The van der Waals surface area contributed by atoms with Crippen molar-refractivity contribution in [3.63, 3.8) is 0 Å². The fourth-order valence-corrected chi connectivity index (χ4v) is 2.74. The summed E-state index contributed by atoms with van der Waals surface area (Å²) in [6, 6.07) is 11.5. The number of fused-ring (bicyclic) bond motifs is 1. The van der Waals surface area contributed by atoms with Crippen LogP contribution in [0.25, 0.3) is 5.65 Å². The number of aliphatic hydroxyl groups is 1. The topological polar surface area (TPSA) is 46.8 Å². The molecule has 0 saturated heterocycles. The Bertz CT molecular complexity index is 737. The van der Waals surface area contributed by atoms with Crippen LogP contribution in [0.15, 0.2) is 53.3 Å². The van der Waals surface area contributed by atoms with Gasteiger partial charge in [-0.2, -0.15) is 0 Å². The number of aliphatic hydroxyl groups excluding tert-OH is 1. The average Bonchev–Trinajstić information content (AvgIpc) is 2.91. The molecule has 0 aliphatic heterocycles. The maximum absolute atomic E-state index is 10.4. The van der Waals surface area contributed by atoms with Crippen LogP contribution in [0.2, 0.25) is 0 Å². The second-order valence-electron chi connectivity index (χ2n) is 4.81. The zero-order valence-corrected chi connectivity index (χ0v) is 13.1. The first-order valence-electron chi connectivity index (χ1n) is 6.61. The smallest absolute Gasteiger partial charge is 0.137 e. The van der Waals surface area contributed by atoms with Crippen molar-refractivity contribution >= 4 is 21.6 Å². The van der Waals surface area contributed by atoms with E-state index in [-0.39, 0.29) is 0 Å². The van der Waals surface area contributed by atoms with Crippen molar-refractivity contribution in [2.45, 2.75) is 12.5 Å². The van der Waals surface area contributed by atoms with E-state index in [1.807, 2.05) is 53.2 Å². The summed E-state index contributed by atoms with van der Waals surface area (Å²) in [5.41, 5.74) is 2.42. The highest BCUT2D eigenvalue weighted by Crippen LogP contribution is 2.27. The molecule has 0 fully saturated rings. The molecule has 0 aliphatic rings. The first-order chi connectivity index (χ1) is 10.2. The van der Waals surface area contributed by atoms with Gasteiger partial charge in [0, 0.05) is 23.3 Å². The molecule has 2 aromatic heterocycles. The third kappa shape index (κ3) is 2.94. The lowest BCUT2D eigenvalue weighted by molar-refractivity contribution is 0.173. The molecule has 0 radical (unpaired) electrons. The molecule has 1 unspecified atom stereocenters. The number of hydrogen-bond donors (Lipinski definition) is 1. The summed E-state index contributed by atoms with van der Waals surface area (Å²) in [6.07, 6.45) is 3.54. The largest absolute Gasteiger partial charge is 0.496 e. The van der Waals surface area contributed by atoms with Crippen LogP contribution in [0.1, 0.15) is 17.4 Å². The van der Waals surface area contributed by atoms with Crippen LogP contribution >= 0.6 is 15.9 Å². The Hall–Kier alpha value is -1.85. The van der Waals surface area contributed by atoms with E-state index < -0.39 is 6.10 Å². The second kappa shape index (κ2) is 5.87. The summed E-state index contributed by atoms with van der Waals surface area (Å²) in [5, 5.41) is 10.4. The fraction of sp³-hybridized carbons (Fsp3) is 0.188. The number of rotatable bonds is 4. The van der Waals surface area contributed by atoms with Gasteiger partial charge in [-0.3, -0.25) is 0 Å². The zero-order valence-electron chi connectivity index (χ0n) is 11.5. The van der Waals surface area contributed by atoms with Crippen LogP contribution in [-0.2, 0) is 6.42 Å². The molecule has 1 N–H and O–H groups in total. The summed E-state index contributed by atoms with van der Waals surface area (Å²) >= 11 is 3.44. The Morgan fingerprint density at radius 3 is 2.95 bits per heavy atom. The monoisotopic (exact) mass is 346 g/mol. The van der Waals surface area contributed by atoms with Gasteiger partial charge in [0.1, 0.15) is 17.5 Å². The van der Waals surface area contributed by atoms with Gasteiger partial charge in [-0.1, -0.05) is 22.0 Å². The Kier molecular flexibility index (Phi) is 3.94. The van der Waals surface area contributed by atoms with Gasteiger partial charge in [0.2, 0.25) is 0 Å². The van der Waals surface area contributed by atoms with Crippen molar-refractivity contribution in [1.82, 2.24) is 9.38 Å². The maximum Gasteiger partial charge on any atom is 0.137 e. The number of imidazole rings is 1. The zero-order chi connectivity index (χ0) is 14.8. The number of benzene rings is 1. The highest BCUT2D eigenvalue weighted by Gasteiger charge is 2.15. The third-order valence-corrected chi connectivity index (χ3v) is 3.87. The lowest BCUT2D eigenvalue weighted by Crippen LogP contribution is -2.04. The van der Waals surface area contributed by atoms with Gasteiger partial charge in [0.05, 0.1) is 12.8 Å². The van der Waals surface area contributed by atoms with Crippen LogP contribution in [0.4, 0.5) is 0 Å². The van der Waals surface area contributed by atoms with Gasteiger partial charge in [0.25, 0.3) is 0 Å². The van der Waals surface area contributed by atoms with Gasteiger partial charge in [-0.25, -0.2) is 4.98 Å². The van der Waals surface area contributed by atoms with Crippen molar-refractivity contribution in [1.29, 1.82) is 0 Å². The summed E-state index contributed by atoms with van der Waals surface area (Å²) < 4.78 is 8.20. The number of hydrogen-bond acceptors (Lipinski definition) is 3. The molecule has 0 aliphatic carbocycles. The number of halogens is 1. The summed E-state index contributed by atoms with van der Waals surface area (Å²) in [7, 11) is 1.63. The van der Waals surface area contributed by atoms with Gasteiger partial charge in [0.15, 0.2) is 0 Å². The summed E-state index contributed by atoms with van der Waals surface area (Å²) in [5.74, 6) is 0.765. The van der Waals surface area contributed by atoms with Crippen molar-refractivity contribution in [2.75, 3.05) is 7.11 Å². The fourth-order valence-electron chi connectivity index (χ4n) is 2.33. The van der Waals surface area contributed by atoms with Crippen molar-refractivity contribution in [3.05, 3.63) is 64.5 Å². The summed E-state index contributed by atoms with van der Waals surface area (Å²) in [4.78, 5) is 4.45. The van der Waals surface area contributed by atoms with E-state index in [0.717, 1.165) is 21.4 Å². The number of pyridine rings is 1. The first kappa shape index (κ1) is 14.1. The molecule has 1 atom stereocenters. The quantitative estimate of drug-likeness (QED) is 0.787. The van der Waals surface area contributed by atoms with Crippen molar-refractivity contribution in [3.8, 4) is 5.75 Å². The normalized spacial score (nSPS) is 12.5. The summed E-state index contributed by atoms with van der Waals surface area (Å²) in [6.45, 7) is 0. The van der Waals surface area contributed by atoms with Crippen LogP contribution < -0.4 is 4.74 Å². The molecule has 0 amide bonds. The van der Waals surface area contributed by atoms with Gasteiger partial charge < -0.3 is 14.2 Å². The maximum atomic E-state index is 10.4. The third-order valence-electron chi connectivity index (χ3n) is 3.38. The molecule has 108 valence electrons. The standard InChI is InChI=1S/C16H15BrN2O2/c1-21-15-6-5-12(17)8-11(15)9-14(20)13-10-19-7-3-2-4-16(19)18-13/h2-8,10,14,20H,9H2,1H3. The average molecular weight is 347 g/mol. The highest BCUT2D eigenvalue weighted by molar-refractivity contribution is 9.10. The predicted molar refractivity (Wildman–Crippen MR) is 84.5 cm³/mol. The molecule has 4 nitrogen and oxygen atoms in total. The molecule has 3 rings (SSSR count). The van der Waals surface area contributed by atoms with E-state index in [2.05, 4.69) is 20.9 Å². The first-order valence-corrected chi connectivity index (χ1v) is 7.41. The van der Waals surface area contributed by atoms with E-state index >= 15 is 0 Å². The van der Waals surface area contributed by atoms with Crippen LogP contribution in [-0.4, -0.2) is 21.6 Å². The van der Waals surface area contributed by atoms with E-state index in [1.165, 1.54) is 0 Å². The van der Waals surface area contributed by atoms with Gasteiger partial charge >= 0.3 is 0 Å². The molecule has 21 heavy (non-hydrogen) atoms. The molecule has 3 aromatic rings. The van der Waals surface area contributed by atoms with Gasteiger partial charge in [-0.05, 0) is 35.9 Å². The Morgan fingerprint density at radius 1 is 1.33 bits per heavy atom. The lowest BCUT2D eigenvalue weighted by atomic mass is 10.1. The predicted octanol–water partition coefficient (Wildman–Crippen LogP) is 3.38. The van der Waals surface area contributed by atoms with E-state index in [1.54, 1.807) is 7.11 Å². The highest BCUT2D eigenvalue weighted by atomic mass is 79.9. The molecule has 1 aromatic carbocycles. The number of nitrogens with zero attached hydrogens (tertiary/aromatic N) is 2. The van der Waals surface area contributed by atoms with Crippen LogP contribution in [0.3, 0.4) is 0 Å². The van der Waals surface area contributed by atoms with Crippen LogP contribution in [0.5, 0.6) is 5.75 Å². The van der Waals surface area contributed by atoms with E-state index in [4.69, 9.17) is 4.74 Å². The molecule has 0 bridgehead atoms. The minimum atomic E-state index is -0.673. The van der Waals surface area contributed by atoms with Gasteiger partial charge in [-0.15, -0.1) is 0 Å². The Balaban J connectivity index is 1.89. The number of ether oxygens (including phenoxy) is 1. The molecule has 2 heterocycles. The minimum Gasteiger partial charge on any atom is -0.496 e. The van der Waals surface area contributed by atoms with Crippen molar-refractivity contribution < 1.29 is 9.84 Å². The Morgan fingerprint density at radius 2 is 2.19 bits per heavy atom. The van der Waals surface area contributed by atoms with E-state index in [0.29, 0.717) is 12.1 Å². The molecule has 0 saturated carbocycles. The Labute approximate surface area is 131 Å². The molecule has 0 spiro atoms. The number of aromatic nitrogens is 2. The number of methoxy groups -OCH3 is 1. The lowest BCUT2D eigenvalue weighted by Gasteiger charge is -2.12. The van der Waals surface area contributed by atoms with Crippen molar-refractivity contribution in [2.24, 2.45) is 0 Å². The molecule has 5 heteroatoms. The minimum absolute atomic E-state index is 0.451. The SMILES string of the molecule is COc1ccc(Br)cc1CC(O)c1cn2ccccc2n1. The second-order valence-corrected chi connectivity index (χ2v) is 5.72. The van der Waals surface area contributed by atoms with Crippen LogP contribution in [0, 0.1) is 0 Å².